The molecule has 1 fully saturated rings. The van der Waals surface area contributed by atoms with Crippen molar-refractivity contribution in [1.82, 2.24) is 20.0 Å². The zero-order valence-corrected chi connectivity index (χ0v) is 12.9. The third kappa shape index (κ3) is 3.39. The molecule has 1 aromatic rings. The molecule has 5 heteroatoms. The second-order valence-corrected chi connectivity index (χ2v) is 5.56. The summed E-state index contributed by atoms with van der Waals surface area (Å²) in [7, 11) is 1.87. The lowest BCUT2D eigenvalue weighted by molar-refractivity contribution is 0.0740. The van der Waals surface area contributed by atoms with Gasteiger partial charge in [-0.05, 0) is 32.2 Å². The number of carbonyl (C=O) groups is 1. The van der Waals surface area contributed by atoms with Gasteiger partial charge in [0.15, 0.2) is 0 Å². The standard InChI is InChI=1S/C15H26N4O/c1-4-9-19(10-12-7-6-8-16-12)15(20)13-11-18(3)17-14(13)5-2/h11-12,16H,4-10H2,1-3H3. The van der Waals surface area contributed by atoms with Gasteiger partial charge in [0.2, 0.25) is 0 Å². The molecule has 1 atom stereocenters. The van der Waals surface area contributed by atoms with Crippen LogP contribution in [-0.4, -0.2) is 46.3 Å². The summed E-state index contributed by atoms with van der Waals surface area (Å²) >= 11 is 0. The van der Waals surface area contributed by atoms with Crippen molar-refractivity contribution < 1.29 is 4.79 Å². The Morgan fingerprint density at radius 3 is 2.95 bits per heavy atom. The van der Waals surface area contributed by atoms with Crippen molar-refractivity contribution in [3.63, 3.8) is 0 Å². The zero-order chi connectivity index (χ0) is 14.5. The first-order chi connectivity index (χ1) is 9.65. The van der Waals surface area contributed by atoms with Crippen LogP contribution < -0.4 is 5.32 Å². The molecule has 1 amide bonds. The van der Waals surface area contributed by atoms with Gasteiger partial charge in [-0.25, -0.2) is 0 Å². The van der Waals surface area contributed by atoms with Gasteiger partial charge in [0.05, 0.1) is 11.3 Å². The fourth-order valence-corrected chi connectivity index (χ4v) is 2.87. The van der Waals surface area contributed by atoms with E-state index in [1.165, 1.54) is 12.8 Å². The van der Waals surface area contributed by atoms with Gasteiger partial charge in [-0.3, -0.25) is 9.48 Å². The Morgan fingerprint density at radius 1 is 1.55 bits per heavy atom. The van der Waals surface area contributed by atoms with Crippen molar-refractivity contribution in [3.05, 3.63) is 17.5 Å². The van der Waals surface area contributed by atoms with Gasteiger partial charge in [0, 0.05) is 32.4 Å². The van der Waals surface area contributed by atoms with Crippen LogP contribution in [0, 0.1) is 0 Å². The van der Waals surface area contributed by atoms with Crippen LogP contribution in [-0.2, 0) is 13.5 Å². The summed E-state index contributed by atoms with van der Waals surface area (Å²) in [5, 5.41) is 7.85. The smallest absolute Gasteiger partial charge is 0.257 e. The largest absolute Gasteiger partial charge is 0.337 e. The molecule has 0 aromatic carbocycles. The van der Waals surface area contributed by atoms with Crippen LogP contribution in [0.15, 0.2) is 6.20 Å². The first-order valence-electron chi connectivity index (χ1n) is 7.70. The monoisotopic (exact) mass is 278 g/mol. The molecule has 0 radical (unpaired) electrons. The Bertz CT molecular complexity index is 449. The minimum atomic E-state index is 0.130. The van der Waals surface area contributed by atoms with Crippen molar-refractivity contribution in [1.29, 1.82) is 0 Å². The number of carbonyl (C=O) groups excluding carboxylic acids is 1. The fourth-order valence-electron chi connectivity index (χ4n) is 2.87. The fraction of sp³-hybridized carbons (Fsp3) is 0.733. The van der Waals surface area contributed by atoms with Crippen molar-refractivity contribution in [3.8, 4) is 0 Å². The molecule has 0 spiro atoms. The SMILES string of the molecule is CCCN(CC1CCCN1)C(=O)c1cn(C)nc1CC. The summed E-state index contributed by atoms with van der Waals surface area (Å²) < 4.78 is 1.74. The van der Waals surface area contributed by atoms with Gasteiger partial charge in [0.1, 0.15) is 0 Å². The van der Waals surface area contributed by atoms with Crippen molar-refractivity contribution in [2.75, 3.05) is 19.6 Å². The summed E-state index contributed by atoms with van der Waals surface area (Å²) in [4.78, 5) is 14.7. The molecule has 1 aliphatic heterocycles. The Balaban J connectivity index is 2.12. The summed E-state index contributed by atoms with van der Waals surface area (Å²) in [6.45, 7) is 6.86. The maximum atomic E-state index is 12.8. The van der Waals surface area contributed by atoms with Crippen LogP contribution in [0.3, 0.4) is 0 Å². The van der Waals surface area contributed by atoms with Gasteiger partial charge in [-0.15, -0.1) is 0 Å². The molecule has 20 heavy (non-hydrogen) atoms. The van der Waals surface area contributed by atoms with Crippen molar-refractivity contribution in [2.24, 2.45) is 7.05 Å². The minimum Gasteiger partial charge on any atom is -0.337 e. The molecule has 0 saturated carbocycles. The molecule has 2 rings (SSSR count). The third-order valence-electron chi connectivity index (χ3n) is 3.85. The van der Waals surface area contributed by atoms with E-state index in [0.29, 0.717) is 6.04 Å². The van der Waals surface area contributed by atoms with Gasteiger partial charge in [0.25, 0.3) is 5.91 Å². The van der Waals surface area contributed by atoms with Crippen LogP contribution in [0.2, 0.25) is 0 Å². The Kier molecular flexibility index (Phi) is 5.17. The number of hydrogen-bond acceptors (Lipinski definition) is 3. The Morgan fingerprint density at radius 2 is 2.35 bits per heavy atom. The van der Waals surface area contributed by atoms with Gasteiger partial charge < -0.3 is 10.2 Å². The summed E-state index contributed by atoms with van der Waals surface area (Å²) in [5.41, 5.74) is 1.67. The lowest BCUT2D eigenvalue weighted by Crippen LogP contribution is -2.41. The number of rotatable bonds is 6. The highest BCUT2D eigenvalue weighted by Crippen LogP contribution is 2.14. The molecule has 1 aliphatic rings. The number of hydrogen-bond donors (Lipinski definition) is 1. The van der Waals surface area contributed by atoms with E-state index < -0.39 is 0 Å². The second kappa shape index (κ2) is 6.88. The molecule has 0 aliphatic carbocycles. The van der Waals surface area contributed by atoms with Crippen LogP contribution >= 0.6 is 0 Å². The number of nitrogens with zero attached hydrogens (tertiary/aromatic N) is 3. The van der Waals surface area contributed by atoms with E-state index in [4.69, 9.17) is 0 Å². The minimum absolute atomic E-state index is 0.130. The van der Waals surface area contributed by atoms with Crippen LogP contribution in [0.1, 0.15) is 49.2 Å². The van der Waals surface area contributed by atoms with Crippen LogP contribution in [0.5, 0.6) is 0 Å². The molecular formula is C15H26N4O. The van der Waals surface area contributed by atoms with Crippen molar-refractivity contribution >= 4 is 5.91 Å². The first kappa shape index (κ1) is 15.0. The first-order valence-corrected chi connectivity index (χ1v) is 7.70. The Hall–Kier alpha value is -1.36. The summed E-state index contributed by atoms with van der Waals surface area (Å²) in [6.07, 6.45) is 6.02. The highest BCUT2D eigenvalue weighted by molar-refractivity contribution is 5.95. The average molecular weight is 278 g/mol. The molecule has 112 valence electrons. The third-order valence-corrected chi connectivity index (χ3v) is 3.85. The van der Waals surface area contributed by atoms with E-state index in [0.717, 1.165) is 43.7 Å². The van der Waals surface area contributed by atoms with Crippen LogP contribution in [0.25, 0.3) is 0 Å². The molecular weight excluding hydrogens is 252 g/mol. The van der Waals surface area contributed by atoms with Crippen molar-refractivity contribution in [2.45, 2.75) is 45.6 Å². The molecule has 2 heterocycles. The van der Waals surface area contributed by atoms with Gasteiger partial charge >= 0.3 is 0 Å². The lowest BCUT2D eigenvalue weighted by Gasteiger charge is -2.25. The average Bonchev–Trinajstić information content (AvgIpc) is 3.06. The maximum absolute atomic E-state index is 12.8. The number of aryl methyl sites for hydroxylation is 2. The van der Waals surface area contributed by atoms with E-state index in [2.05, 4.69) is 17.3 Å². The molecule has 1 aromatic heterocycles. The van der Waals surface area contributed by atoms with E-state index in [1.54, 1.807) is 4.68 Å². The highest BCUT2D eigenvalue weighted by atomic mass is 16.2. The predicted molar refractivity (Wildman–Crippen MR) is 79.8 cm³/mol. The van der Waals surface area contributed by atoms with E-state index in [9.17, 15) is 4.79 Å². The number of nitrogens with one attached hydrogen (secondary N) is 1. The molecule has 1 N–H and O–H groups in total. The molecule has 5 nitrogen and oxygen atoms in total. The quantitative estimate of drug-likeness (QED) is 0.859. The van der Waals surface area contributed by atoms with Gasteiger partial charge in [-0.1, -0.05) is 13.8 Å². The number of aromatic nitrogens is 2. The molecule has 1 saturated heterocycles. The number of amides is 1. The molecule has 0 bridgehead atoms. The summed E-state index contributed by atoms with van der Waals surface area (Å²) in [5.74, 6) is 0.130. The molecule has 1 unspecified atom stereocenters. The van der Waals surface area contributed by atoms with E-state index in [1.807, 2.05) is 25.1 Å². The lowest BCUT2D eigenvalue weighted by atomic mass is 10.1. The predicted octanol–water partition coefficient (Wildman–Crippen LogP) is 1.59. The van der Waals surface area contributed by atoms with E-state index >= 15 is 0 Å². The Labute approximate surface area is 121 Å². The summed E-state index contributed by atoms with van der Waals surface area (Å²) in [6, 6.07) is 0.451. The normalized spacial score (nSPS) is 18.4. The van der Waals surface area contributed by atoms with Crippen LogP contribution in [0.4, 0.5) is 0 Å². The van der Waals surface area contributed by atoms with Gasteiger partial charge in [-0.2, -0.15) is 5.10 Å². The van der Waals surface area contributed by atoms with E-state index in [-0.39, 0.29) is 5.91 Å². The highest BCUT2D eigenvalue weighted by Gasteiger charge is 2.24. The second-order valence-electron chi connectivity index (χ2n) is 5.56. The topological polar surface area (TPSA) is 50.2 Å². The maximum Gasteiger partial charge on any atom is 0.257 e. The zero-order valence-electron chi connectivity index (χ0n) is 12.9.